The summed E-state index contributed by atoms with van der Waals surface area (Å²) in [5.74, 6) is -0.659. The van der Waals surface area contributed by atoms with E-state index in [0.29, 0.717) is 11.1 Å². The summed E-state index contributed by atoms with van der Waals surface area (Å²) in [5, 5.41) is 0. The number of rotatable bonds is 8. The zero-order chi connectivity index (χ0) is 21.8. The Morgan fingerprint density at radius 3 is 2.34 bits per heavy atom. The highest BCUT2D eigenvalue weighted by Crippen LogP contribution is 2.30. The van der Waals surface area contributed by atoms with E-state index in [1.807, 2.05) is 0 Å². The lowest BCUT2D eigenvalue weighted by molar-refractivity contribution is -0.0512. The molecule has 2 rings (SSSR count). The second-order valence-corrected chi connectivity index (χ2v) is 8.11. The van der Waals surface area contributed by atoms with Gasteiger partial charge in [0.05, 0.1) is 24.7 Å². The summed E-state index contributed by atoms with van der Waals surface area (Å²) in [7, 11) is -0.00235. The molecule has 29 heavy (non-hydrogen) atoms. The van der Waals surface area contributed by atoms with Gasteiger partial charge in [-0.15, -0.1) is 0 Å². The maximum Gasteiger partial charge on any atom is 0.387 e. The van der Waals surface area contributed by atoms with E-state index in [0.717, 1.165) is 4.31 Å². The van der Waals surface area contributed by atoms with Crippen molar-refractivity contribution >= 4 is 16.0 Å². The molecule has 0 aromatic heterocycles. The van der Waals surface area contributed by atoms with Gasteiger partial charge in [0.2, 0.25) is 10.0 Å². The third-order valence-corrected chi connectivity index (χ3v) is 6.10. The Bertz CT molecular complexity index is 994. The van der Waals surface area contributed by atoms with Crippen molar-refractivity contribution in [3.05, 3.63) is 53.1 Å². The van der Waals surface area contributed by atoms with Crippen LogP contribution in [0.1, 0.15) is 21.5 Å². The summed E-state index contributed by atoms with van der Waals surface area (Å²) < 4.78 is 66.1. The Morgan fingerprint density at radius 2 is 1.79 bits per heavy atom. The molecule has 0 unspecified atom stereocenters. The molecule has 10 heteroatoms. The Morgan fingerprint density at radius 1 is 1.10 bits per heavy atom. The molecule has 0 aliphatic heterocycles. The van der Waals surface area contributed by atoms with E-state index in [1.54, 1.807) is 13.0 Å². The number of nitrogens with zero attached hydrogens (tertiary/aromatic N) is 1. The number of alkyl halides is 2. The molecule has 0 atom stereocenters. The number of aryl methyl sites for hydroxylation is 1. The fourth-order valence-electron chi connectivity index (χ4n) is 2.70. The van der Waals surface area contributed by atoms with Gasteiger partial charge in [-0.3, -0.25) is 0 Å². The minimum atomic E-state index is -3.91. The summed E-state index contributed by atoms with van der Waals surface area (Å²) >= 11 is 0. The van der Waals surface area contributed by atoms with Gasteiger partial charge in [0.15, 0.2) is 11.5 Å². The summed E-state index contributed by atoms with van der Waals surface area (Å²) in [4.78, 5) is 11.6. The van der Waals surface area contributed by atoms with Crippen molar-refractivity contribution in [3.8, 4) is 11.5 Å². The molecular weight excluding hydrogens is 408 g/mol. The molecule has 2 aromatic carbocycles. The number of ether oxygens (including phenoxy) is 3. The minimum Gasteiger partial charge on any atom is -0.493 e. The van der Waals surface area contributed by atoms with Gasteiger partial charge in [-0.25, -0.2) is 13.2 Å². The van der Waals surface area contributed by atoms with Crippen LogP contribution in [-0.4, -0.2) is 46.6 Å². The zero-order valence-corrected chi connectivity index (χ0v) is 17.1. The maximum atomic E-state index is 12.9. The van der Waals surface area contributed by atoms with Crippen LogP contribution in [0.4, 0.5) is 8.78 Å². The Balaban J connectivity index is 2.30. The van der Waals surface area contributed by atoms with Crippen LogP contribution < -0.4 is 9.47 Å². The Kier molecular flexibility index (Phi) is 7.15. The van der Waals surface area contributed by atoms with E-state index in [-0.39, 0.29) is 28.5 Å². The highest BCUT2D eigenvalue weighted by molar-refractivity contribution is 7.89. The molecule has 0 N–H and O–H groups in total. The van der Waals surface area contributed by atoms with E-state index in [1.165, 1.54) is 51.6 Å². The number of carbonyl (C=O) groups excluding carboxylic acids is 1. The van der Waals surface area contributed by atoms with E-state index in [9.17, 15) is 22.0 Å². The molecule has 2 aromatic rings. The molecule has 0 saturated carbocycles. The van der Waals surface area contributed by atoms with Gasteiger partial charge in [0, 0.05) is 13.6 Å². The monoisotopic (exact) mass is 429 g/mol. The lowest BCUT2D eigenvalue weighted by Gasteiger charge is -2.20. The van der Waals surface area contributed by atoms with Gasteiger partial charge in [-0.2, -0.15) is 13.1 Å². The molecule has 0 spiro atoms. The highest BCUT2D eigenvalue weighted by atomic mass is 32.2. The van der Waals surface area contributed by atoms with Gasteiger partial charge in [-0.05, 0) is 48.4 Å². The van der Waals surface area contributed by atoms with E-state index < -0.39 is 22.6 Å². The van der Waals surface area contributed by atoms with Crippen molar-refractivity contribution in [1.29, 1.82) is 0 Å². The van der Waals surface area contributed by atoms with Crippen LogP contribution in [0.2, 0.25) is 0 Å². The highest BCUT2D eigenvalue weighted by Gasteiger charge is 2.24. The quantitative estimate of drug-likeness (QED) is 0.600. The molecule has 7 nitrogen and oxygen atoms in total. The standard InChI is InChI=1S/C19H21F2NO6S/c1-12-9-14(18(23)27-4)6-8-17(12)29(24,25)22(2)11-13-5-7-15(26-3)16(10-13)28-19(20)21/h5-10,19H,11H2,1-4H3. The van der Waals surface area contributed by atoms with Crippen LogP contribution in [-0.2, 0) is 21.3 Å². The summed E-state index contributed by atoms with van der Waals surface area (Å²) in [6, 6.07) is 8.38. The average molecular weight is 429 g/mol. The molecule has 0 amide bonds. The summed E-state index contributed by atoms with van der Waals surface area (Å²) in [5.41, 5.74) is 1.03. The third-order valence-electron chi connectivity index (χ3n) is 4.13. The SMILES string of the molecule is COC(=O)c1ccc(S(=O)(=O)N(C)Cc2ccc(OC)c(OC(F)F)c2)c(C)c1. The summed E-state index contributed by atoms with van der Waals surface area (Å²) in [6.07, 6.45) is 0. The Labute approximate surface area is 167 Å². The first kappa shape index (κ1) is 22.6. The van der Waals surface area contributed by atoms with Crippen LogP contribution in [0.25, 0.3) is 0 Å². The van der Waals surface area contributed by atoms with Crippen LogP contribution in [0, 0.1) is 6.92 Å². The van der Waals surface area contributed by atoms with Crippen LogP contribution in [0.5, 0.6) is 11.5 Å². The first-order valence-electron chi connectivity index (χ1n) is 8.37. The molecule has 0 radical (unpaired) electrons. The number of sulfonamides is 1. The predicted molar refractivity (Wildman–Crippen MR) is 101 cm³/mol. The zero-order valence-electron chi connectivity index (χ0n) is 16.3. The van der Waals surface area contributed by atoms with Crippen LogP contribution in [0.15, 0.2) is 41.3 Å². The molecular formula is C19H21F2NO6S. The fraction of sp³-hybridized carbons (Fsp3) is 0.316. The van der Waals surface area contributed by atoms with Crippen molar-refractivity contribution < 1.29 is 36.2 Å². The molecule has 0 saturated heterocycles. The molecule has 0 aliphatic carbocycles. The first-order valence-corrected chi connectivity index (χ1v) is 9.81. The number of hydrogen-bond acceptors (Lipinski definition) is 6. The second-order valence-electron chi connectivity index (χ2n) is 6.10. The fourth-order valence-corrected chi connectivity index (χ4v) is 4.06. The predicted octanol–water partition coefficient (Wildman–Crippen LogP) is 3.21. The van der Waals surface area contributed by atoms with Gasteiger partial charge in [0.25, 0.3) is 0 Å². The molecule has 0 bridgehead atoms. The number of carbonyl (C=O) groups is 1. The number of halogens is 2. The second kappa shape index (κ2) is 9.19. The largest absolute Gasteiger partial charge is 0.493 e. The number of benzene rings is 2. The summed E-state index contributed by atoms with van der Waals surface area (Å²) in [6.45, 7) is -1.57. The van der Waals surface area contributed by atoms with Crippen molar-refractivity contribution in [2.24, 2.45) is 0 Å². The van der Waals surface area contributed by atoms with Gasteiger partial charge in [0.1, 0.15) is 0 Å². The smallest absolute Gasteiger partial charge is 0.387 e. The molecule has 158 valence electrons. The topological polar surface area (TPSA) is 82.1 Å². The van der Waals surface area contributed by atoms with Crippen molar-refractivity contribution in [3.63, 3.8) is 0 Å². The molecule has 0 heterocycles. The number of hydrogen-bond donors (Lipinski definition) is 0. The minimum absolute atomic E-state index is 0.0187. The van der Waals surface area contributed by atoms with Gasteiger partial charge in [-0.1, -0.05) is 6.07 Å². The Hall–Kier alpha value is -2.72. The maximum absolute atomic E-state index is 12.9. The lowest BCUT2D eigenvalue weighted by Crippen LogP contribution is -2.27. The third kappa shape index (κ3) is 5.21. The molecule has 0 aliphatic rings. The lowest BCUT2D eigenvalue weighted by atomic mass is 10.1. The van der Waals surface area contributed by atoms with Crippen molar-refractivity contribution in [2.45, 2.75) is 25.0 Å². The van der Waals surface area contributed by atoms with E-state index in [2.05, 4.69) is 9.47 Å². The van der Waals surface area contributed by atoms with Crippen LogP contribution >= 0.6 is 0 Å². The average Bonchev–Trinajstić information content (AvgIpc) is 2.66. The molecule has 0 fully saturated rings. The van der Waals surface area contributed by atoms with Crippen molar-refractivity contribution in [1.82, 2.24) is 4.31 Å². The number of esters is 1. The first-order chi connectivity index (χ1) is 13.6. The van der Waals surface area contributed by atoms with Crippen molar-refractivity contribution in [2.75, 3.05) is 21.3 Å². The van der Waals surface area contributed by atoms with E-state index >= 15 is 0 Å². The van der Waals surface area contributed by atoms with Gasteiger partial charge < -0.3 is 14.2 Å². The number of methoxy groups -OCH3 is 2. The van der Waals surface area contributed by atoms with Gasteiger partial charge >= 0.3 is 12.6 Å². The van der Waals surface area contributed by atoms with Crippen LogP contribution in [0.3, 0.4) is 0 Å². The van der Waals surface area contributed by atoms with E-state index in [4.69, 9.17) is 4.74 Å². The normalized spacial score (nSPS) is 11.6.